The van der Waals surface area contributed by atoms with E-state index in [1.54, 1.807) is 18.5 Å². The maximum absolute atomic E-state index is 12.1. The highest BCUT2D eigenvalue weighted by Crippen LogP contribution is 2.23. The molecule has 3 amide bonds. The van der Waals surface area contributed by atoms with Crippen LogP contribution in [-0.2, 0) is 4.79 Å². The maximum Gasteiger partial charge on any atom is 0.332 e. The van der Waals surface area contributed by atoms with Gasteiger partial charge in [0.15, 0.2) is 0 Å². The lowest BCUT2D eigenvalue weighted by Crippen LogP contribution is -2.40. The van der Waals surface area contributed by atoms with Crippen molar-refractivity contribution in [3.8, 4) is 0 Å². The van der Waals surface area contributed by atoms with Crippen molar-refractivity contribution < 1.29 is 9.59 Å². The van der Waals surface area contributed by atoms with E-state index >= 15 is 0 Å². The Morgan fingerprint density at radius 3 is 2.47 bits per heavy atom. The van der Waals surface area contributed by atoms with Crippen LogP contribution in [0.3, 0.4) is 0 Å². The van der Waals surface area contributed by atoms with Crippen molar-refractivity contribution in [3.05, 3.63) is 6.33 Å². The lowest BCUT2D eigenvalue weighted by atomic mass is 10.1. The Bertz CT molecular complexity index is 477. The molecule has 2 heterocycles. The van der Waals surface area contributed by atoms with Gasteiger partial charge in [0.25, 0.3) is 5.91 Å². The highest BCUT2D eigenvalue weighted by atomic mass is 16.2. The number of rotatable bonds is 2. The molecule has 1 aromatic heterocycles. The van der Waals surface area contributed by atoms with E-state index in [9.17, 15) is 9.59 Å². The molecule has 17 heavy (non-hydrogen) atoms. The molecular formula is C10H15N5O2. The predicted octanol–water partition coefficient (Wildman–Crippen LogP) is 0.694. The Hall–Kier alpha value is -1.92. The van der Waals surface area contributed by atoms with Crippen molar-refractivity contribution >= 4 is 17.9 Å². The highest BCUT2D eigenvalue weighted by molar-refractivity contribution is 6.22. The van der Waals surface area contributed by atoms with Gasteiger partial charge in [0.05, 0.1) is 6.04 Å². The van der Waals surface area contributed by atoms with Crippen molar-refractivity contribution in [2.45, 2.75) is 39.3 Å². The molecule has 7 heteroatoms. The highest BCUT2D eigenvalue weighted by Gasteiger charge is 2.47. The molecule has 2 rings (SSSR count). The second kappa shape index (κ2) is 3.54. The van der Waals surface area contributed by atoms with E-state index in [1.165, 1.54) is 6.33 Å². The summed E-state index contributed by atoms with van der Waals surface area (Å²) in [6, 6.07) is -0.438. The first kappa shape index (κ1) is 11.6. The van der Waals surface area contributed by atoms with Crippen molar-refractivity contribution in [1.82, 2.24) is 20.1 Å². The van der Waals surface area contributed by atoms with Gasteiger partial charge >= 0.3 is 6.03 Å². The number of imide groups is 1. The second-order valence-corrected chi connectivity index (χ2v) is 4.79. The van der Waals surface area contributed by atoms with Crippen LogP contribution in [0.2, 0.25) is 0 Å². The molecule has 0 bridgehead atoms. The summed E-state index contributed by atoms with van der Waals surface area (Å²) in [4.78, 5) is 28.9. The van der Waals surface area contributed by atoms with Crippen molar-refractivity contribution in [3.63, 3.8) is 0 Å². The minimum Gasteiger partial charge on any atom is -0.323 e. The average Bonchev–Trinajstić information content (AvgIpc) is 2.71. The van der Waals surface area contributed by atoms with E-state index in [4.69, 9.17) is 0 Å². The van der Waals surface area contributed by atoms with Crippen LogP contribution in [0.5, 0.6) is 0 Å². The van der Waals surface area contributed by atoms with Crippen LogP contribution >= 0.6 is 0 Å². The molecule has 1 aromatic rings. The van der Waals surface area contributed by atoms with Crippen molar-refractivity contribution in [1.29, 1.82) is 0 Å². The SMILES string of the molecule is CC(C)n1ncnc1N1C(=O)NC(C)(C)C1=O. The first-order chi connectivity index (χ1) is 7.84. The first-order valence-corrected chi connectivity index (χ1v) is 5.41. The molecule has 92 valence electrons. The van der Waals surface area contributed by atoms with E-state index in [1.807, 2.05) is 13.8 Å². The van der Waals surface area contributed by atoms with Crippen LogP contribution in [0.25, 0.3) is 0 Å². The third kappa shape index (κ3) is 1.67. The molecule has 0 saturated carbocycles. The van der Waals surface area contributed by atoms with E-state index < -0.39 is 11.6 Å². The molecule has 1 aliphatic heterocycles. The molecule has 1 N–H and O–H groups in total. The summed E-state index contributed by atoms with van der Waals surface area (Å²) in [6.07, 6.45) is 1.33. The fourth-order valence-electron chi connectivity index (χ4n) is 1.70. The monoisotopic (exact) mass is 237 g/mol. The normalized spacial score (nSPS) is 19.0. The molecule has 1 aliphatic rings. The molecule has 0 aromatic carbocycles. The van der Waals surface area contributed by atoms with E-state index in [2.05, 4.69) is 15.4 Å². The van der Waals surface area contributed by atoms with Gasteiger partial charge in [-0.05, 0) is 27.7 Å². The Labute approximate surface area is 98.8 Å². The average molecular weight is 237 g/mol. The van der Waals surface area contributed by atoms with Gasteiger partial charge in [-0.25, -0.2) is 9.48 Å². The maximum atomic E-state index is 12.1. The van der Waals surface area contributed by atoms with Crippen LogP contribution < -0.4 is 10.2 Å². The summed E-state index contributed by atoms with van der Waals surface area (Å²) in [5.74, 6) is -0.0644. The molecule has 0 atom stereocenters. The molecule has 0 spiro atoms. The first-order valence-electron chi connectivity index (χ1n) is 5.41. The van der Waals surface area contributed by atoms with Gasteiger partial charge in [-0.3, -0.25) is 4.79 Å². The van der Waals surface area contributed by atoms with Crippen LogP contribution in [0.4, 0.5) is 10.7 Å². The molecule has 0 aliphatic carbocycles. The number of urea groups is 1. The minimum atomic E-state index is -0.898. The Morgan fingerprint density at radius 2 is 2.00 bits per heavy atom. The summed E-state index contributed by atoms with van der Waals surface area (Å²) < 4.78 is 1.54. The van der Waals surface area contributed by atoms with Crippen LogP contribution in [-0.4, -0.2) is 32.2 Å². The van der Waals surface area contributed by atoms with Crippen molar-refractivity contribution in [2.75, 3.05) is 4.90 Å². The van der Waals surface area contributed by atoms with E-state index in [0.29, 0.717) is 0 Å². The minimum absolute atomic E-state index is 0.0248. The number of hydrogen-bond donors (Lipinski definition) is 1. The number of carbonyl (C=O) groups is 2. The van der Waals surface area contributed by atoms with Gasteiger partial charge in [0, 0.05) is 0 Å². The zero-order valence-electron chi connectivity index (χ0n) is 10.3. The molecule has 0 unspecified atom stereocenters. The lowest BCUT2D eigenvalue weighted by molar-refractivity contribution is -0.121. The second-order valence-electron chi connectivity index (χ2n) is 4.79. The molecule has 1 fully saturated rings. The number of carbonyl (C=O) groups excluding carboxylic acids is 2. The molecule has 1 saturated heterocycles. The van der Waals surface area contributed by atoms with Gasteiger partial charge in [-0.2, -0.15) is 15.0 Å². The van der Waals surface area contributed by atoms with Gasteiger partial charge in [-0.15, -0.1) is 0 Å². The van der Waals surface area contributed by atoms with Gasteiger partial charge < -0.3 is 5.32 Å². The number of hydrogen-bond acceptors (Lipinski definition) is 4. The Kier molecular flexibility index (Phi) is 2.41. The van der Waals surface area contributed by atoms with Gasteiger partial charge in [0.2, 0.25) is 5.95 Å². The third-order valence-corrected chi connectivity index (χ3v) is 2.60. The molecular weight excluding hydrogens is 222 g/mol. The summed E-state index contributed by atoms with van der Waals surface area (Å²) in [6.45, 7) is 7.12. The van der Waals surface area contributed by atoms with Gasteiger partial charge in [0.1, 0.15) is 11.9 Å². The van der Waals surface area contributed by atoms with Crippen LogP contribution in [0.15, 0.2) is 6.33 Å². The number of nitrogens with zero attached hydrogens (tertiary/aromatic N) is 4. The van der Waals surface area contributed by atoms with E-state index in [-0.39, 0.29) is 17.9 Å². The van der Waals surface area contributed by atoms with E-state index in [0.717, 1.165) is 4.90 Å². The lowest BCUT2D eigenvalue weighted by Gasteiger charge is -2.16. The smallest absolute Gasteiger partial charge is 0.323 e. The zero-order valence-corrected chi connectivity index (χ0v) is 10.3. The standard InChI is InChI=1S/C10H15N5O2/c1-6(2)15-8(11-5-12-15)14-7(16)10(3,4)13-9(14)17/h5-6H,1-4H3,(H,13,17). The van der Waals surface area contributed by atoms with Crippen LogP contribution in [0, 0.1) is 0 Å². The van der Waals surface area contributed by atoms with Crippen LogP contribution in [0.1, 0.15) is 33.7 Å². The number of anilines is 1. The van der Waals surface area contributed by atoms with Crippen molar-refractivity contribution in [2.24, 2.45) is 0 Å². The fraction of sp³-hybridized carbons (Fsp3) is 0.600. The Balaban J connectivity index is 2.44. The summed E-state index contributed by atoms with van der Waals surface area (Å²) in [5, 5.41) is 6.61. The van der Waals surface area contributed by atoms with Gasteiger partial charge in [-0.1, -0.05) is 0 Å². The molecule has 0 radical (unpaired) electrons. The number of aromatic nitrogens is 3. The Morgan fingerprint density at radius 1 is 1.35 bits per heavy atom. The quantitative estimate of drug-likeness (QED) is 0.767. The largest absolute Gasteiger partial charge is 0.332 e. The summed E-state index contributed by atoms with van der Waals surface area (Å²) in [7, 11) is 0. The zero-order chi connectivity index (χ0) is 12.8. The third-order valence-electron chi connectivity index (χ3n) is 2.60. The molecule has 7 nitrogen and oxygen atoms in total. The number of amides is 3. The fourth-order valence-corrected chi connectivity index (χ4v) is 1.70. The summed E-state index contributed by atoms with van der Waals surface area (Å²) >= 11 is 0. The predicted molar refractivity (Wildman–Crippen MR) is 60.5 cm³/mol. The number of nitrogens with one attached hydrogen (secondary N) is 1. The summed E-state index contributed by atoms with van der Waals surface area (Å²) in [5.41, 5.74) is -0.898. The topological polar surface area (TPSA) is 80.1 Å².